The predicted molar refractivity (Wildman–Crippen MR) is 94.7 cm³/mol. The molecule has 0 aliphatic carbocycles. The number of phenols is 2. The Morgan fingerprint density at radius 1 is 1.08 bits per heavy atom. The summed E-state index contributed by atoms with van der Waals surface area (Å²) in [6, 6.07) is 1.03. The second-order valence-corrected chi connectivity index (χ2v) is 6.04. The van der Waals surface area contributed by atoms with Crippen LogP contribution in [0.5, 0.6) is 17.2 Å². The van der Waals surface area contributed by atoms with Crippen LogP contribution in [0.4, 0.5) is 0 Å². The molecule has 0 amide bonds. The maximum atomic E-state index is 11.7. The average molecular weight is 348 g/mol. The summed E-state index contributed by atoms with van der Waals surface area (Å²) in [5.41, 5.74) is 1.37. The minimum absolute atomic E-state index is 0.0548. The molecule has 1 aromatic rings. The molecule has 0 unspecified atom stereocenters. The smallest absolute Gasteiger partial charge is 0.343 e. The van der Waals surface area contributed by atoms with E-state index in [0.717, 1.165) is 24.5 Å². The summed E-state index contributed by atoms with van der Waals surface area (Å²) in [7, 11) is 0. The van der Waals surface area contributed by atoms with Gasteiger partial charge in [0.05, 0.1) is 0 Å². The van der Waals surface area contributed by atoms with E-state index < -0.39 is 28.8 Å². The summed E-state index contributed by atoms with van der Waals surface area (Å²) in [5.74, 6) is -3.59. The van der Waals surface area contributed by atoms with Crippen LogP contribution < -0.4 is 4.74 Å². The maximum Gasteiger partial charge on any atom is 0.343 e. The number of aromatic carboxylic acids is 1. The van der Waals surface area contributed by atoms with Gasteiger partial charge in [0.25, 0.3) is 0 Å². The molecule has 0 bridgehead atoms. The van der Waals surface area contributed by atoms with Crippen molar-refractivity contribution in [2.45, 2.75) is 40.5 Å². The molecule has 136 valence electrons. The van der Waals surface area contributed by atoms with Crippen molar-refractivity contribution in [3.8, 4) is 17.2 Å². The number of aromatic hydroxyl groups is 2. The second kappa shape index (κ2) is 8.92. The van der Waals surface area contributed by atoms with Gasteiger partial charge in [-0.2, -0.15) is 0 Å². The Hall–Kier alpha value is -2.76. The van der Waals surface area contributed by atoms with Crippen LogP contribution in [0.1, 0.15) is 61.3 Å². The largest absolute Gasteiger partial charge is 0.507 e. The Kier molecular flexibility index (Phi) is 7.23. The van der Waals surface area contributed by atoms with Crippen molar-refractivity contribution >= 4 is 11.8 Å². The zero-order chi connectivity index (χ0) is 19.1. The zero-order valence-electron chi connectivity index (χ0n) is 14.9. The van der Waals surface area contributed by atoms with Crippen molar-refractivity contribution < 1.29 is 29.6 Å². The van der Waals surface area contributed by atoms with E-state index in [-0.39, 0.29) is 17.9 Å². The molecule has 0 saturated heterocycles. The lowest BCUT2D eigenvalue weighted by Gasteiger charge is -2.13. The van der Waals surface area contributed by atoms with E-state index in [9.17, 15) is 19.8 Å². The third-order valence-electron chi connectivity index (χ3n) is 3.57. The molecule has 0 fully saturated rings. The van der Waals surface area contributed by atoms with Crippen LogP contribution >= 0.6 is 0 Å². The van der Waals surface area contributed by atoms with E-state index in [0.29, 0.717) is 0 Å². The van der Waals surface area contributed by atoms with Gasteiger partial charge in [-0.25, -0.2) is 4.79 Å². The van der Waals surface area contributed by atoms with Crippen LogP contribution in [-0.4, -0.2) is 33.7 Å². The van der Waals surface area contributed by atoms with Crippen LogP contribution in [0.25, 0.3) is 0 Å². The molecule has 0 radical (unpaired) electrons. The van der Waals surface area contributed by atoms with Gasteiger partial charge in [-0.15, -0.1) is 0 Å². The first-order valence-corrected chi connectivity index (χ1v) is 7.90. The number of ether oxygens (including phenoxy) is 1. The van der Waals surface area contributed by atoms with E-state index in [2.05, 4.69) is 6.08 Å². The summed E-state index contributed by atoms with van der Waals surface area (Å²) in [6.07, 6.45) is 5.75. The normalized spacial score (nSPS) is 11.1. The van der Waals surface area contributed by atoms with Gasteiger partial charge in [-0.3, -0.25) is 4.79 Å². The number of carboxylic acids is 1. The SMILES string of the molecule is CC(=O)c1c(OCC=C(C)CCC=C(C)C)cc(O)c(C(=O)O)c1O. The summed E-state index contributed by atoms with van der Waals surface area (Å²) in [5, 5.41) is 28.8. The number of hydrogen-bond donors (Lipinski definition) is 3. The number of rotatable bonds is 8. The van der Waals surface area contributed by atoms with E-state index in [1.54, 1.807) is 0 Å². The molecule has 6 nitrogen and oxygen atoms in total. The number of carbonyl (C=O) groups excluding carboxylic acids is 1. The number of allylic oxidation sites excluding steroid dienone is 3. The molecule has 3 N–H and O–H groups in total. The van der Waals surface area contributed by atoms with Gasteiger partial charge in [0, 0.05) is 6.07 Å². The molecule has 0 saturated carbocycles. The highest BCUT2D eigenvalue weighted by Gasteiger charge is 2.25. The van der Waals surface area contributed by atoms with Crippen molar-refractivity contribution in [2.24, 2.45) is 0 Å². The Bertz CT molecular complexity index is 724. The average Bonchev–Trinajstić information content (AvgIpc) is 2.45. The molecule has 1 aromatic carbocycles. The monoisotopic (exact) mass is 348 g/mol. The first-order chi connectivity index (χ1) is 11.6. The highest BCUT2D eigenvalue weighted by atomic mass is 16.5. The maximum absolute atomic E-state index is 11.7. The van der Waals surface area contributed by atoms with Gasteiger partial charge >= 0.3 is 5.97 Å². The topological polar surface area (TPSA) is 104 Å². The molecule has 0 spiro atoms. The van der Waals surface area contributed by atoms with Crippen LogP contribution in [-0.2, 0) is 0 Å². The lowest BCUT2D eigenvalue weighted by atomic mass is 10.0. The van der Waals surface area contributed by atoms with E-state index in [1.165, 1.54) is 12.5 Å². The Morgan fingerprint density at radius 3 is 2.24 bits per heavy atom. The summed E-state index contributed by atoms with van der Waals surface area (Å²) in [6.45, 7) is 7.34. The highest BCUT2D eigenvalue weighted by molar-refractivity contribution is 6.05. The summed E-state index contributed by atoms with van der Waals surface area (Å²) in [4.78, 5) is 22.8. The lowest BCUT2D eigenvalue weighted by molar-refractivity contribution is 0.0690. The van der Waals surface area contributed by atoms with Crippen molar-refractivity contribution in [1.29, 1.82) is 0 Å². The third kappa shape index (κ3) is 5.67. The fourth-order valence-corrected chi connectivity index (χ4v) is 2.26. The quantitative estimate of drug-likeness (QED) is 0.483. The number of ketones is 1. The van der Waals surface area contributed by atoms with Crippen molar-refractivity contribution in [2.75, 3.05) is 6.61 Å². The molecule has 0 heterocycles. The van der Waals surface area contributed by atoms with Gasteiger partial charge in [0.15, 0.2) is 5.78 Å². The van der Waals surface area contributed by atoms with Gasteiger partial charge in [0.1, 0.15) is 35.0 Å². The molecule has 25 heavy (non-hydrogen) atoms. The van der Waals surface area contributed by atoms with E-state index in [4.69, 9.17) is 9.84 Å². The highest BCUT2D eigenvalue weighted by Crippen LogP contribution is 2.38. The minimum atomic E-state index is -1.53. The van der Waals surface area contributed by atoms with Crippen LogP contribution in [0.3, 0.4) is 0 Å². The van der Waals surface area contributed by atoms with E-state index in [1.807, 2.05) is 26.8 Å². The Balaban J connectivity index is 2.97. The minimum Gasteiger partial charge on any atom is -0.507 e. The summed E-state index contributed by atoms with van der Waals surface area (Å²) >= 11 is 0. The van der Waals surface area contributed by atoms with Gasteiger partial charge in [-0.1, -0.05) is 17.2 Å². The standard InChI is InChI=1S/C19H24O6/c1-11(2)6-5-7-12(3)8-9-25-15-10-14(21)17(19(23)24)18(22)16(15)13(4)20/h6,8,10,21-22H,5,7,9H2,1-4H3,(H,23,24). The summed E-state index contributed by atoms with van der Waals surface area (Å²) < 4.78 is 5.47. The Morgan fingerprint density at radius 2 is 1.72 bits per heavy atom. The van der Waals surface area contributed by atoms with Crippen molar-refractivity contribution in [1.82, 2.24) is 0 Å². The molecule has 1 rings (SSSR count). The third-order valence-corrected chi connectivity index (χ3v) is 3.57. The number of Topliss-reactive ketones (excluding diaryl/α,β-unsaturated/α-hetero) is 1. The molecule has 0 aromatic heterocycles. The number of hydrogen-bond acceptors (Lipinski definition) is 5. The molecule has 6 heteroatoms. The van der Waals surface area contributed by atoms with Crippen LogP contribution in [0.15, 0.2) is 29.4 Å². The number of benzene rings is 1. The fourth-order valence-electron chi connectivity index (χ4n) is 2.26. The molecule has 0 aliphatic heterocycles. The van der Waals surface area contributed by atoms with Gasteiger partial charge in [-0.05, 0) is 46.6 Å². The number of carboxylic acid groups (broad SMARTS) is 1. The molecular weight excluding hydrogens is 324 g/mol. The molecule has 0 atom stereocenters. The first-order valence-electron chi connectivity index (χ1n) is 7.90. The predicted octanol–water partition coefficient (Wildman–Crippen LogP) is 4.07. The van der Waals surface area contributed by atoms with Gasteiger partial charge in [0.2, 0.25) is 0 Å². The van der Waals surface area contributed by atoms with Crippen molar-refractivity contribution in [3.05, 3.63) is 40.5 Å². The van der Waals surface area contributed by atoms with Crippen molar-refractivity contribution in [3.63, 3.8) is 0 Å². The van der Waals surface area contributed by atoms with Gasteiger partial charge < -0.3 is 20.1 Å². The van der Waals surface area contributed by atoms with E-state index >= 15 is 0 Å². The molecular formula is C19H24O6. The zero-order valence-corrected chi connectivity index (χ0v) is 14.9. The number of carbonyl (C=O) groups is 2. The second-order valence-electron chi connectivity index (χ2n) is 6.04. The molecule has 0 aliphatic rings. The van der Waals surface area contributed by atoms with Crippen LogP contribution in [0, 0.1) is 0 Å². The first kappa shape index (κ1) is 20.3. The lowest BCUT2D eigenvalue weighted by Crippen LogP contribution is -2.07. The van der Waals surface area contributed by atoms with Crippen LogP contribution in [0.2, 0.25) is 0 Å². The fraction of sp³-hybridized carbons (Fsp3) is 0.368. The Labute approximate surface area is 147 Å².